The van der Waals surface area contributed by atoms with Crippen molar-refractivity contribution in [1.29, 1.82) is 0 Å². The van der Waals surface area contributed by atoms with E-state index in [-0.39, 0.29) is 11.7 Å². The Bertz CT molecular complexity index is 562. The zero-order chi connectivity index (χ0) is 14.9. The Labute approximate surface area is 114 Å². The first kappa shape index (κ1) is 14.2. The fourth-order valence-corrected chi connectivity index (χ4v) is 2.31. The van der Waals surface area contributed by atoms with Crippen molar-refractivity contribution in [3.05, 3.63) is 33.6 Å². The minimum atomic E-state index is -1.44. The van der Waals surface area contributed by atoms with E-state index in [2.05, 4.69) is 12.2 Å². The van der Waals surface area contributed by atoms with Gasteiger partial charge in [0.25, 0.3) is 5.69 Å². The molecule has 1 aromatic carbocycles. The molecule has 0 aliphatic heterocycles. The topological polar surface area (TPSA) is 92.5 Å². The summed E-state index contributed by atoms with van der Waals surface area (Å²) in [7, 11) is 0. The number of carbonyl (C=O) groups is 1. The van der Waals surface area contributed by atoms with Crippen molar-refractivity contribution in [3.63, 3.8) is 0 Å². The number of carboxylic acid groups (broad SMARTS) is 1. The van der Waals surface area contributed by atoms with Crippen LogP contribution in [0.1, 0.15) is 36.5 Å². The highest BCUT2D eigenvalue weighted by Gasteiger charge is 2.37. The van der Waals surface area contributed by atoms with Crippen LogP contribution in [-0.4, -0.2) is 22.0 Å². The first-order valence-electron chi connectivity index (χ1n) is 6.41. The Hall–Kier alpha value is -2.18. The number of nitrogens with one attached hydrogen (secondary N) is 1. The number of anilines is 1. The highest BCUT2D eigenvalue weighted by Crippen LogP contribution is 2.39. The molecule has 2 rings (SSSR count). The molecule has 0 amide bonds. The summed E-state index contributed by atoms with van der Waals surface area (Å²) in [4.78, 5) is 21.1. The summed E-state index contributed by atoms with van der Waals surface area (Å²) in [5.41, 5.74) is -0.933. The third-order valence-corrected chi connectivity index (χ3v) is 3.44. The van der Waals surface area contributed by atoms with Gasteiger partial charge in [0.05, 0.1) is 16.6 Å². The minimum absolute atomic E-state index is 0.0670. The number of benzene rings is 1. The van der Waals surface area contributed by atoms with Gasteiger partial charge in [0, 0.05) is 6.04 Å². The maximum atomic E-state index is 13.5. The summed E-state index contributed by atoms with van der Waals surface area (Å²) in [5.74, 6) is -2.10. The maximum Gasteiger partial charge on any atom is 0.338 e. The van der Waals surface area contributed by atoms with Crippen molar-refractivity contribution in [1.82, 2.24) is 0 Å². The van der Waals surface area contributed by atoms with E-state index in [0.717, 1.165) is 25.3 Å². The lowest BCUT2D eigenvalue weighted by atomic mass is 10.1. The molecule has 0 aromatic heterocycles. The smallest absolute Gasteiger partial charge is 0.338 e. The van der Waals surface area contributed by atoms with Crippen molar-refractivity contribution in [3.8, 4) is 0 Å². The highest BCUT2D eigenvalue weighted by molar-refractivity contribution is 5.90. The number of rotatable bonds is 6. The van der Waals surface area contributed by atoms with E-state index < -0.39 is 28.0 Å². The molecule has 2 N–H and O–H groups in total. The molecule has 20 heavy (non-hydrogen) atoms. The Morgan fingerprint density at radius 3 is 2.85 bits per heavy atom. The molecule has 2 unspecified atom stereocenters. The lowest BCUT2D eigenvalue weighted by Crippen LogP contribution is -2.10. The molecule has 0 spiro atoms. The summed E-state index contributed by atoms with van der Waals surface area (Å²) in [6.07, 6.45) is 2.93. The summed E-state index contributed by atoms with van der Waals surface area (Å²) in [5, 5.41) is 22.7. The van der Waals surface area contributed by atoms with E-state index in [0.29, 0.717) is 12.0 Å². The van der Waals surface area contributed by atoms with E-state index in [4.69, 9.17) is 5.11 Å². The Balaban J connectivity index is 2.27. The minimum Gasteiger partial charge on any atom is -0.478 e. The number of nitro groups is 1. The number of nitrogens with zero attached hydrogens (tertiary/aromatic N) is 1. The van der Waals surface area contributed by atoms with Crippen LogP contribution in [0.15, 0.2) is 12.1 Å². The number of aromatic carboxylic acids is 1. The maximum absolute atomic E-state index is 13.5. The van der Waals surface area contributed by atoms with Crippen molar-refractivity contribution < 1.29 is 19.2 Å². The molecule has 0 radical (unpaired) electrons. The van der Waals surface area contributed by atoms with Crippen LogP contribution in [0.2, 0.25) is 0 Å². The lowest BCUT2D eigenvalue weighted by molar-refractivity contribution is -0.384. The molecule has 108 valence electrons. The fraction of sp³-hybridized carbons (Fsp3) is 0.462. The summed E-state index contributed by atoms with van der Waals surface area (Å²) in [6.45, 7) is 2.05. The van der Waals surface area contributed by atoms with Crippen LogP contribution in [0.25, 0.3) is 0 Å². The molecular formula is C13H15FN2O4. The van der Waals surface area contributed by atoms with Gasteiger partial charge in [0.2, 0.25) is 0 Å². The molecule has 1 aromatic rings. The monoisotopic (exact) mass is 282 g/mol. The van der Waals surface area contributed by atoms with Crippen LogP contribution in [0, 0.1) is 21.8 Å². The zero-order valence-corrected chi connectivity index (χ0v) is 10.9. The third kappa shape index (κ3) is 2.87. The molecule has 0 heterocycles. The van der Waals surface area contributed by atoms with Gasteiger partial charge in [-0.2, -0.15) is 0 Å². The molecule has 0 saturated heterocycles. The normalized spacial score (nSPS) is 20.5. The van der Waals surface area contributed by atoms with Crippen molar-refractivity contribution >= 4 is 17.3 Å². The van der Waals surface area contributed by atoms with Gasteiger partial charge in [-0.25, -0.2) is 9.18 Å². The Morgan fingerprint density at radius 1 is 1.60 bits per heavy atom. The largest absolute Gasteiger partial charge is 0.478 e. The van der Waals surface area contributed by atoms with Gasteiger partial charge in [0.15, 0.2) is 0 Å². The van der Waals surface area contributed by atoms with Gasteiger partial charge in [-0.15, -0.1) is 0 Å². The van der Waals surface area contributed by atoms with Gasteiger partial charge >= 0.3 is 5.97 Å². The Kier molecular flexibility index (Phi) is 3.87. The second-order valence-corrected chi connectivity index (χ2v) is 4.95. The first-order valence-corrected chi connectivity index (χ1v) is 6.41. The quantitative estimate of drug-likeness (QED) is 0.618. The molecule has 1 saturated carbocycles. The second kappa shape index (κ2) is 5.44. The lowest BCUT2D eigenvalue weighted by Gasteiger charge is -2.08. The predicted molar refractivity (Wildman–Crippen MR) is 70.4 cm³/mol. The van der Waals surface area contributed by atoms with E-state index in [1.54, 1.807) is 0 Å². The summed E-state index contributed by atoms with van der Waals surface area (Å²) in [6, 6.07) is 1.75. The number of carboxylic acids is 1. The molecule has 1 fully saturated rings. The number of hydrogen-bond donors (Lipinski definition) is 2. The van der Waals surface area contributed by atoms with Crippen molar-refractivity contribution in [2.45, 2.75) is 32.2 Å². The predicted octanol–water partition coefficient (Wildman–Crippen LogP) is 3.03. The van der Waals surface area contributed by atoms with Crippen LogP contribution in [0.3, 0.4) is 0 Å². The van der Waals surface area contributed by atoms with Crippen LogP contribution in [0.4, 0.5) is 15.8 Å². The highest BCUT2D eigenvalue weighted by atomic mass is 19.1. The van der Waals surface area contributed by atoms with Crippen LogP contribution in [0.5, 0.6) is 0 Å². The van der Waals surface area contributed by atoms with Gasteiger partial charge in [-0.3, -0.25) is 10.1 Å². The van der Waals surface area contributed by atoms with Crippen LogP contribution in [-0.2, 0) is 0 Å². The molecule has 1 aliphatic carbocycles. The van der Waals surface area contributed by atoms with Crippen molar-refractivity contribution in [2.75, 3.05) is 5.32 Å². The SMILES string of the molecule is CCCC1CC1Nc1cc(C(=O)O)c(F)cc1[N+](=O)[O-]. The van der Waals surface area contributed by atoms with E-state index >= 15 is 0 Å². The van der Waals surface area contributed by atoms with E-state index in [9.17, 15) is 19.3 Å². The van der Waals surface area contributed by atoms with Crippen LogP contribution < -0.4 is 5.32 Å². The van der Waals surface area contributed by atoms with Gasteiger partial charge in [-0.1, -0.05) is 13.3 Å². The molecule has 1 aliphatic rings. The zero-order valence-electron chi connectivity index (χ0n) is 10.9. The molecule has 0 bridgehead atoms. The standard InChI is InChI=1S/C13H15FN2O4/c1-2-3-7-4-10(7)15-11-5-8(13(17)18)9(14)6-12(11)16(19)20/h5-7,10,15H,2-4H2,1H3,(H,17,18). The van der Waals surface area contributed by atoms with E-state index in [1.165, 1.54) is 0 Å². The number of halogens is 1. The average molecular weight is 282 g/mol. The number of hydrogen-bond acceptors (Lipinski definition) is 4. The molecule has 7 heteroatoms. The average Bonchev–Trinajstić information content (AvgIpc) is 3.09. The third-order valence-electron chi connectivity index (χ3n) is 3.44. The fourth-order valence-electron chi connectivity index (χ4n) is 2.31. The van der Waals surface area contributed by atoms with Crippen LogP contribution >= 0.6 is 0 Å². The molecular weight excluding hydrogens is 267 g/mol. The summed E-state index contributed by atoms with van der Waals surface area (Å²) >= 11 is 0. The molecule has 6 nitrogen and oxygen atoms in total. The molecule has 2 atom stereocenters. The summed E-state index contributed by atoms with van der Waals surface area (Å²) < 4.78 is 13.5. The van der Waals surface area contributed by atoms with E-state index in [1.807, 2.05) is 0 Å². The Morgan fingerprint density at radius 2 is 2.30 bits per heavy atom. The second-order valence-electron chi connectivity index (χ2n) is 4.95. The van der Waals surface area contributed by atoms with Gasteiger partial charge in [0.1, 0.15) is 11.5 Å². The van der Waals surface area contributed by atoms with Gasteiger partial charge < -0.3 is 10.4 Å². The van der Waals surface area contributed by atoms with Crippen molar-refractivity contribution in [2.24, 2.45) is 5.92 Å². The van der Waals surface area contributed by atoms with Gasteiger partial charge in [-0.05, 0) is 24.8 Å². The number of nitro benzene ring substituents is 1. The first-order chi connectivity index (χ1) is 9.43.